The zero-order valence-corrected chi connectivity index (χ0v) is 23.3. The molecule has 2 aromatic carbocycles. The standard InChI is InChI=1S/C30H28F4N4O5/c1-15(39)21-9-6-17-10-18(11-22(42-3)24(17)37-21)27(40)36-13-29(41,30(32,33)34)23-12-20-26(43-14-28(20,2)35)25(38-23)16-4-7-19(31)8-5-16/h4-12,15,39,41H,13-14,35H2,1-3H3,(H,36,40). The lowest BCUT2D eigenvalue weighted by atomic mass is 9.89. The average Bonchev–Trinajstić information content (AvgIpc) is 3.28. The highest BCUT2D eigenvalue weighted by atomic mass is 19.4. The second-order valence-corrected chi connectivity index (χ2v) is 10.6. The maximum atomic E-state index is 14.6. The molecular weight excluding hydrogens is 572 g/mol. The average molecular weight is 601 g/mol. The Bertz CT molecular complexity index is 1710. The van der Waals surface area contributed by atoms with Gasteiger partial charge in [0, 0.05) is 22.1 Å². The second kappa shape index (κ2) is 10.7. The number of methoxy groups -OCH3 is 1. The van der Waals surface area contributed by atoms with Crippen LogP contribution in [-0.2, 0) is 11.1 Å². The van der Waals surface area contributed by atoms with E-state index in [4.69, 9.17) is 15.2 Å². The Labute approximate surface area is 243 Å². The van der Waals surface area contributed by atoms with Gasteiger partial charge in [-0.3, -0.25) is 4.79 Å². The summed E-state index contributed by atoms with van der Waals surface area (Å²) >= 11 is 0. The van der Waals surface area contributed by atoms with Crippen molar-refractivity contribution in [3.63, 3.8) is 0 Å². The fourth-order valence-corrected chi connectivity index (χ4v) is 4.80. The Hall–Kier alpha value is -4.33. The van der Waals surface area contributed by atoms with E-state index in [1.807, 2.05) is 0 Å². The number of hydrogen-bond acceptors (Lipinski definition) is 8. The van der Waals surface area contributed by atoms with Gasteiger partial charge in [0.1, 0.15) is 29.4 Å². The van der Waals surface area contributed by atoms with Gasteiger partial charge in [-0.05, 0) is 62.4 Å². The topological polar surface area (TPSA) is 140 Å². The van der Waals surface area contributed by atoms with Gasteiger partial charge in [0.2, 0.25) is 5.60 Å². The maximum absolute atomic E-state index is 14.6. The Kier molecular flexibility index (Phi) is 7.53. The van der Waals surface area contributed by atoms with Crippen molar-refractivity contribution in [3.05, 3.63) is 82.9 Å². The predicted octanol–water partition coefficient (Wildman–Crippen LogP) is 4.24. The van der Waals surface area contributed by atoms with E-state index < -0.39 is 47.4 Å². The van der Waals surface area contributed by atoms with Crippen molar-refractivity contribution in [1.29, 1.82) is 0 Å². The summed E-state index contributed by atoms with van der Waals surface area (Å²) in [6, 6.07) is 11.7. The van der Waals surface area contributed by atoms with Crippen LogP contribution in [0.5, 0.6) is 11.5 Å². The third-order valence-electron chi connectivity index (χ3n) is 7.31. The van der Waals surface area contributed by atoms with Crippen molar-refractivity contribution in [1.82, 2.24) is 15.3 Å². The molecular formula is C30H28F4N4O5. The van der Waals surface area contributed by atoms with Crippen LogP contribution in [0.1, 0.15) is 47.3 Å². The molecule has 5 N–H and O–H groups in total. The number of rotatable bonds is 7. The monoisotopic (exact) mass is 600 g/mol. The van der Waals surface area contributed by atoms with E-state index in [0.29, 0.717) is 16.6 Å². The Morgan fingerprint density at radius 3 is 2.49 bits per heavy atom. The number of nitrogens with one attached hydrogen (secondary N) is 1. The SMILES string of the molecule is COc1cc(C(=O)NCC(O)(c2cc3c(c(-c4ccc(F)cc4)n2)OCC3(C)N)C(F)(F)F)cc2ccc(C(C)O)nc12. The summed E-state index contributed by atoms with van der Waals surface area (Å²) in [6.45, 7) is 1.72. The second-order valence-electron chi connectivity index (χ2n) is 10.6. The number of nitrogens with zero attached hydrogens (tertiary/aromatic N) is 2. The van der Waals surface area contributed by atoms with Gasteiger partial charge in [-0.2, -0.15) is 13.2 Å². The number of nitrogens with two attached hydrogens (primary N) is 1. The highest BCUT2D eigenvalue weighted by molar-refractivity contribution is 6.00. The first-order valence-electron chi connectivity index (χ1n) is 13.1. The van der Waals surface area contributed by atoms with Crippen LogP contribution in [0.15, 0.2) is 54.6 Å². The molecule has 9 nitrogen and oxygen atoms in total. The number of aromatic nitrogens is 2. The molecule has 3 heterocycles. The van der Waals surface area contributed by atoms with Gasteiger partial charge in [-0.1, -0.05) is 6.07 Å². The molecule has 1 aliphatic rings. The number of fused-ring (bicyclic) bond motifs is 2. The molecule has 0 spiro atoms. The third-order valence-corrected chi connectivity index (χ3v) is 7.31. The molecule has 3 unspecified atom stereocenters. The Balaban J connectivity index is 1.54. The summed E-state index contributed by atoms with van der Waals surface area (Å²) in [6.07, 6.45) is -6.16. The zero-order chi connectivity index (χ0) is 31.3. The summed E-state index contributed by atoms with van der Waals surface area (Å²) in [7, 11) is 1.34. The lowest BCUT2D eigenvalue weighted by Crippen LogP contribution is -2.51. The van der Waals surface area contributed by atoms with Crippen LogP contribution < -0.4 is 20.5 Å². The van der Waals surface area contributed by atoms with Crippen LogP contribution in [0.25, 0.3) is 22.2 Å². The van der Waals surface area contributed by atoms with E-state index >= 15 is 0 Å². The number of aliphatic hydroxyl groups is 2. The summed E-state index contributed by atoms with van der Waals surface area (Å²) in [5.74, 6) is -1.23. The zero-order valence-electron chi connectivity index (χ0n) is 23.3. The number of ether oxygens (including phenoxy) is 2. The van der Waals surface area contributed by atoms with Gasteiger partial charge in [-0.25, -0.2) is 14.4 Å². The first kappa shape index (κ1) is 30.1. The van der Waals surface area contributed by atoms with E-state index in [2.05, 4.69) is 15.3 Å². The van der Waals surface area contributed by atoms with Crippen LogP contribution in [0, 0.1) is 5.82 Å². The number of pyridine rings is 2. The first-order valence-corrected chi connectivity index (χ1v) is 13.1. The number of hydrogen-bond donors (Lipinski definition) is 4. The van der Waals surface area contributed by atoms with Gasteiger partial charge in [0.25, 0.3) is 5.91 Å². The molecule has 0 saturated carbocycles. The number of alkyl halides is 3. The molecule has 0 saturated heterocycles. The molecule has 1 amide bonds. The Morgan fingerprint density at radius 1 is 1.16 bits per heavy atom. The van der Waals surface area contributed by atoms with Gasteiger partial charge in [0.15, 0.2) is 5.75 Å². The summed E-state index contributed by atoms with van der Waals surface area (Å²) in [5, 5.41) is 23.6. The first-order chi connectivity index (χ1) is 20.1. The third kappa shape index (κ3) is 5.46. The number of carbonyl (C=O) groups is 1. The van der Waals surface area contributed by atoms with Crippen molar-refractivity contribution >= 4 is 16.8 Å². The number of halogens is 4. The lowest BCUT2D eigenvalue weighted by molar-refractivity contribution is -0.265. The molecule has 3 atom stereocenters. The summed E-state index contributed by atoms with van der Waals surface area (Å²) in [4.78, 5) is 21.6. The molecule has 226 valence electrons. The molecule has 43 heavy (non-hydrogen) atoms. The minimum atomic E-state index is -5.30. The highest BCUT2D eigenvalue weighted by Gasteiger charge is 2.57. The molecule has 0 radical (unpaired) electrons. The number of aliphatic hydroxyl groups excluding tert-OH is 1. The van der Waals surface area contributed by atoms with Crippen LogP contribution in [-0.4, -0.2) is 52.5 Å². The largest absolute Gasteiger partial charge is 0.494 e. The maximum Gasteiger partial charge on any atom is 0.424 e. The molecule has 5 rings (SSSR count). The number of carbonyl (C=O) groups excluding carboxylic acids is 1. The molecule has 0 aliphatic carbocycles. The van der Waals surface area contributed by atoms with Gasteiger partial charge < -0.3 is 30.7 Å². The van der Waals surface area contributed by atoms with Crippen LogP contribution in [0.2, 0.25) is 0 Å². The van der Waals surface area contributed by atoms with Crippen LogP contribution >= 0.6 is 0 Å². The van der Waals surface area contributed by atoms with Crippen molar-refractivity contribution in [3.8, 4) is 22.8 Å². The fourth-order valence-electron chi connectivity index (χ4n) is 4.80. The molecule has 0 fully saturated rings. The van der Waals surface area contributed by atoms with E-state index in [0.717, 1.165) is 18.2 Å². The smallest absolute Gasteiger partial charge is 0.424 e. The number of benzene rings is 2. The van der Waals surface area contributed by atoms with E-state index in [1.54, 1.807) is 19.1 Å². The number of amides is 1. The van der Waals surface area contributed by atoms with Gasteiger partial charge >= 0.3 is 6.18 Å². The van der Waals surface area contributed by atoms with Crippen molar-refractivity contribution in [2.24, 2.45) is 5.73 Å². The lowest BCUT2D eigenvalue weighted by Gasteiger charge is -2.31. The molecule has 13 heteroatoms. The van der Waals surface area contributed by atoms with Crippen LogP contribution in [0.4, 0.5) is 17.6 Å². The molecule has 2 aromatic heterocycles. The van der Waals surface area contributed by atoms with Crippen molar-refractivity contribution in [2.45, 2.75) is 37.3 Å². The highest BCUT2D eigenvalue weighted by Crippen LogP contribution is 2.46. The fraction of sp³-hybridized carbons (Fsp3) is 0.300. The molecule has 4 aromatic rings. The quantitative estimate of drug-likeness (QED) is 0.231. The molecule has 1 aliphatic heterocycles. The minimum absolute atomic E-state index is 0.0580. The summed E-state index contributed by atoms with van der Waals surface area (Å²) in [5.41, 5.74) is 1.57. The summed E-state index contributed by atoms with van der Waals surface area (Å²) < 4.78 is 68.4. The minimum Gasteiger partial charge on any atom is -0.494 e. The van der Waals surface area contributed by atoms with E-state index in [9.17, 15) is 32.6 Å². The van der Waals surface area contributed by atoms with Crippen molar-refractivity contribution in [2.75, 3.05) is 20.3 Å². The predicted molar refractivity (Wildman–Crippen MR) is 148 cm³/mol. The Morgan fingerprint density at radius 2 is 1.86 bits per heavy atom. The van der Waals surface area contributed by atoms with Crippen LogP contribution in [0.3, 0.4) is 0 Å². The van der Waals surface area contributed by atoms with Gasteiger partial charge in [-0.15, -0.1) is 0 Å². The van der Waals surface area contributed by atoms with Crippen molar-refractivity contribution < 1.29 is 42.0 Å². The van der Waals surface area contributed by atoms with E-state index in [1.165, 1.54) is 38.3 Å². The van der Waals surface area contributed by atoms with Gasteiger partial charge in [0.05, 0.1) is 36.7 Å². The molecule has 0 bridgehead atoms. The van der Waals surface area contributed by atoms with E-state index in [-0.39, 0.29) is 40.5 Å². The normalized spacial score (nSPS) is 18.5.